The van der Waals surface area contributed by atoms with E-state index in [4.69, 9.17) is 10.8 Å². The summed E-state index contributed by atoms with van der Waals surface area (Å²) < 4.78 is 0. The number of carboxylic acids is 1. The molecule has 0 fully saturated rings. The van der Waals surface area contributed by atoms with Gasteiger partial charge in [-0.2, -0.15) is 0 Å². The minimum Gasteiger partial charge on any atom is -0.478 e. The highest BCUT2D eigenvalue weighted by molar-refractivity contribution is 5.87. The number of aromatic carboxylic acids is 1. The number of hydrogen-bond acceptors (Lipinski definition) is 2. The molecule has 1 rings (SSSR count). The molecule has 4 heteroatoms. The van der Waals surface area contributed by atoms with E-state index < -0.39 is 5.97 Å². The first kappa shape index (κ1) is 13.9. The Labute approximate surface area is 95.7 Å². The molecule has 0 heterocycles. The fraction of sp³-hybridized carbons (Fsp3) is 0.364. The van der Waals surface area contributed by atoms with E-state index >= 15 is 0 Å². The van der Waals surface area contributed by atoms with E-state index in [0.29, 0.717) is 5.56 Å². The molecule has 1 atom stereocenters. The molecular formula is C11H16ClNO2. The predicted octanol–water partition coefficient (Wildman–Crippen LogP) is 2.09. The molecule has 3 nitrogen and oxygen atoms in total. The number of benzene rings is 1. The summed E-state index contributed by atoms with van der Waals surface area (Å²) in [5, 5.41) is 8.68. The standard InChI is InChI=1S/C11H15NO2.ClH/c1-2-10(12)7-8-3-5-9(6-4-8)11(13)14;/h3-6,10H,2,7,12H2,1H3,(H,13,14);1H. The lowest BCUT2D eigenvalue weighted by atomic mass is 10.0. The molecule has 3 N–H and O–H groups in total. The summed E-state index contributed by atoms with van der Waals surface area (Å²) in [4.78, 5) is 10.6. The molecule has 0 spiro atoms. The summed E-state index contributed by atoms with van der Waals surface area (Å²) >= 11 is 0. The van der Waals surface area contributed by atoms with Crippen LogP contribution in [0.15, 0.2) is 24.3 Å². The second-order valence-electron chi connectivity index (χ2n) is 3.37. The van der Waals surface area contributed by atoms with Crippen molar-refractivity contribution in [2.45, 2.75) is 25.8 Å². The number of halogens is 1. The average Bonchev–Trinajstić information content (AvgIpc) is 2.18. The molecule has 0 amide bonds. The number of rotatable bonds is 4. The highest BCUT2D eigenvalue weighted by Crippen LogP contribution is 2.07. The van der Waals surface area contributed by atoms with Crippen molar-refractivity contribution in [3.63, 3.8) is 0 Å². The van der Waals surface area contributed by atoms with E-state index in [1.165, 1.54) is 0 Å². The zero-order chi connectivity index (χ0) is 10.6. The van der Waals surface area contributed by atoms with Crippen molar-refractivity contribution in [1.29, 1.82) is 0 Å². The van der Waals surface area contributed by atoms with E-state index in [9.17, 15) is 4.79 Å². The van der Waals surface area contributed by atoms with Gasteiger partial charge in [0.05, 0.1) is 5.56 Å². The predicted molar refractivity (Wildman–Crippen MR) is 62.6 cm³/mol. The second kappa shape index (κ2) is 6.43. The minimum absolute atomic E-state index is 0. The molecule has 0 aliphatic rings. The Balaban J connectivity index is 0.00000196. The van der Waals surface area contributed by atoms with Crippen molar-refractivity contribution in [2.24, 2.45) is 5.73 Å². The normalized spacial score (nSPS) is 11.6. The van der Waals surface area contributed by atoms with Crippen LogP contribution >= 0.6 is 12.4 Å². The molecule has 0 bridgehead atoms. The van der Waals surface area contributed by atoms with Crippen molar-refractivity contribution in [3.8, 4) is 0 Å². The molecule has 1 aromatic rings. The van der Waals surface area contributed by atoms with Crippen LogP contribution in [0.5, 0.6) is 0 Å². The van der Waals surface area contributed by atoms with Gasteiger partial charge in [0.15, 0.2) is 0 Å². The molecule has 0 saturated heterocycles. The molecule has 84 valence electrons. The van der Waals surface area contributed by atoms with Crippen LogP contribution in [-0.4, -0.2) is 17.1 Å². The largest absolute Gasteiger partial charge is 0.478 e. The Morgan fingerprint density at radius 3 is 2.33 bits per heavy atom. The molecule has 15 heavy (non-hydrogen) atoms. The van der Waals surface area contributed by atoms with Gasteiger partial charge in [-0.25, -0.2) is 4.79 Å². The molecule has 0 radical (unpaired) electrons. The van der Waals surface area contributed by atoms with Gasteiger partial charge in [0, 0.05) is 6.04 Å². The van der Waals surface area contributed by atoms with E-state index in [2.05, 4.69) is 0 Å². The Morgan fingerprint density at radius 2 is 1.93 bits per heavy atom. The molecule has 0 aliphatic carbocycles. The van der Waals surface area contributed by atoms with Gasteiger partial charge < -0.3 is 10.8 Å². The Hall–Kier alpha value is -1.06. The third-order valence-electron chi connectivity index (χ3n) is 2.22. The number of nitrogens with two attached hydrogens (primary N) is 1. The third-order valence-corrected chi connectivity index (χ3v) is 2.22. The van der Waals surface area contributed by atoms with E-state index in [1.54, 1.807) is 12.1 Å². The maximum atomic E-state index is 10.6. The Bertz CT molecular complexity index is 311. The van der Waals surface area contributed by atoms with Crippen LogP contribution < -0.4 is 5.73 Å². The van der Waals surface area contributed by atoms with Gasteiger partial charge in [-0.3, -0.25) is 0 Å². The molecule has 1 aromatic carbocycles. The fourth-order valence-electron chi connectivity index (χ4n) is 1.23. The summed E-state index contributed by atoms with van der Waals surface area (Å²) in [6.07, 6.45) is 1.73. The summed E-state index contributed by atoms with van der Waals surface area (Å²) in [5.74, 6) is -0.892. The van der Waals surface area contributed by atoms with Crippen molar-refractivity contribution in [3.05, 3.63) is 35.4 Å². The number of carboxylic acid groups (broad SMARTS) is 1. The maximum Gasteiger partial charge on any atom is 0.335 e. The molecule has 1 unspecified atom stereocenters. The summed E-state index contributed by atoms with van der Waals surface area (Å²) in [7, 11) is 0. The Morgan fingerprint density at radius 1 is 1.40 bits per heavy atom. The third kappa shape index (κ3) is 4.32. The van der Waals surface area contributed by atoms with Crippen LogP contribution in [0, 0.1) is 0 Å². The van der Waals surface area contributed by atoms with Gasteiger partial charge in [-0.05, 0) is 30.5 Å². The zero-order valence-corrected chi connectivity index (χ0v) is 9.46. The van der Waals surface area contributed by atoms with E-state index in [-0.39, 0.29) is 18.4 Å². The van der Waals surface area contributed by atoms with E-state index in [1.807, 2.05) is 19.1 Å². The first-order chi connectivity index (χ1) is 6.63. The number of hydrogen-bond donors (Lipinski definition) is 2. The topological polar surface area (TPSA) is 63.3 Å². The van der Waals surface area contributed by atoms with Crippen molar-refractivity contribution >= 4 is 18.4 Å². The maximum absolute atomic E-state index is 10.6. The van der Waals surface area contributed by atoms with Gasteiger partial charge in [-0.1, -0.05) is 19.1 Å². The first-order valence-electron chi connectivity index (χ1n) is 4.71. The fourth-order valence-corrected chi connectivity index (χ4v) is 1.23. The molecule has 0 saturated carbocycles. The lowest BCUT2D eigenvalue weighted by molar-refractivity contribution is 0.0697. The second-order valence-corrected chi connectivity index (χ2v) is 3.37. The number of carbonyl (C=O) groups is 1. The van der Waals surface area contributed by atoms with Crippen LogP contribution in [0.25, 0.3) is 0 Å². The minimum atomic E-state index is -0.892. The van der Waals surface area contributed by atoms with Crippen LogP contribution in [0.3, 0.4) is 0 Å². The average molecular weight is 230 g/mol. The SMILES string of the molecule is CCC(N)Cc1ccc(C(=O)O)cc1.Cl. The van der Waals surface area contributed by atoms with Crippen LogP contribution in [-0.2, 0) is 6.42 Å². The molecule has 0 aromatic heterocycles. The van der Waals surface area contributed by atoms with Gasteiger partial charge >= 0.3 is 5.97 Å². The Kier molecular flexibility index (Phi) is 5.97. The van der Waals surface area contributed by atoms with Crippen molar-refractivity contribution in [2.75, 3.05) is 0 Å². The smallest absolute Gasteiger partial charge is 0.335 e. The lowest BCUT2D eigenvalue weighted by Crippen LogP contribution is -2.21. The monoisotopic (exact) mass is 229 g/mol. The quantitative estimate of drug-likeness (QED) is 0.831. The van der Waals surface area contributed by atoms with Crippen molar-refractivity contribution in [1.82, 2.24) is 0 Å². The zero-order valence-electron chi connectivity index (χ0n) is 8.64. The van der Waals surface area contributed by atoms with Gasteiger partial charge in [-0.15, -0.1) is 12.4 Å². The van der Waals surface area contributed by atoms with Crippen LogP contribution in [0.2, 0.25) is 0 Å². The van der Waals surface area contributed by atoms with E-state index in [0.717, 1.165) is 18.4 Å². The highest BCUT2D eigenvalue weighted by atomic mass is 35.5. The van der Waals surface area contributed by atoms with Gasteiger partial charge in [0.25, 0.3) is 0 Å². The highest BCUT2D eigenvalue weighted by Gasteiger charge is 2.04. The molecular weight excluding hydrogens is 214 g/mol. The van der Waals surface area contributed by atoms with Crippen LogP contribution in [0.1, 0.15) is 29.3 Å². The van der Waals surface area contributed by atoms with Gasteiger partial charge in [0.2, 0.25) is 0 Å². The lowest BCUT2D eigenvalue weighted by Gasteiger charge is -2.08. The summed E-state index contributed by atoms with van der Waals surface area (Å²) in [5.41, 5.74) is 7.19. The first-order valence-corrected chi connectivity index (χ1v) is 4.71. The molecule has 0 aliphatic heterocycles. The summed E-state index contributed by atoms with van der Waals surface area (Å²) in [6, 6.07) is 7.02. The summed E-state index contributed by atoms with van der Waals surface area (Å²) in [6.45, 7) is 2.04. The van der Waals surface area contributed by atoms with Crippen LogP contribution in [0.4, 0.5) is 0 Å². The van der Waals surface area contributed by atoms with Gasteiger partial charge in [0.1, 0.15) is 0 Å². The van der Waals surface area contributed by atoms with Crippen molar-refractivity contribution < 1.29 is 9.90 Å².